The second kappa shape index (κ2) is 4.39. The molecule has 1 aromatic carbocycles. The lowest BCUT2D eigenvalue weighted by molar-refractivity contribution is -0.647. The highest BCUT2D eigenvalue weighted by Gasteiger charge is 2.19. The smallest absolute Gasteiger partial charge is 0.236 e. The average molecular weight is 249 g/mol. The van der Waals surface area contributed by atoms with Crippen LogP contribution >= 0.6 is 0 Å². The predicted octanol–water partition coefficient (Wildman–Crippen LogP) is 3.41. The molecular formula is C17H17N2+. The van der Waals surface area contributed by atoms with Gasteiger partial charge < -0.3 is 0 Å². The van der Waals surface area contributed by atoms with Crippen molar-refractivity contribution in [2.45, 2.75) is 6.92 Å². The number of pyridine rings is 1. The normalized spacial score (nSPS) is 10.8. The standard InChI is InChI=1S/C17H17N2/c1-4-15-12-14-9-7-11-18(3)17(14)19(15)16-10-6-5-8-13(16)2/h4-12H,1H2,2-3H3/q+1. The molecule has 0 aliphatic carbocycles. The molecule has 0 bridgehead atoms. The van der Waals surface area contributed by atoms with Gasteiger partial charge in [0, 0.05) is 6.07 Å². The van der Waals surface area contributed by atoms with Gasteiger partial charge in [-0.25, -0.2) is 4.57 Å². The second-order valence-electron chi connectivity index (χ2n) is 4.79. The van der Waals surface area contributed by atoms with Gasteiger partial charge in [-0.3, -0.25) is 0 Å². The summed E-state index contributed by atoms with van der Waals surface area (Å²) in [4.78, 5) is 0. The molecule has 0 radical (unpaired) electrons. The fraction of sp³-hybridized carbons (Fsp3) is 0.118. The van der Waals surface area contributed by atoms with Crippen LogP contribution in [0.25, 0.3) is 22.8 Å². The zero-order chi connectivity index (χ0) is 13.4. The SMILES string of the molecule is C=Cc1cc2ccc[n+](C)c2n1-c1ccccc1C. The number of nitrogens with zero attached hydrogens (tertiary/aromatic N) is 2. The molecule has 2 heterocycles. The average Bonchev–Trinajstić information content (AvgIpc) is 2.79. The molecule has 3 rings (SSSR count). The Morgan fingerprint density at radius 2 is 1.95 bits per heavy atom. The molecule has 2 heteroatoms. The summed E-state index contributed by atoms with van der Waals surface area (Å²) in [5.41, 5.74) is 4.76. The van der Waals surface area contributed by atoms with E-state index in [1.165, 1.54) is 22.3 Å². The minimum Gasteiger partial charge on any atom is -0.236 e. The molecule has 2 aromatic heterocycles. The van der Waals surface area contributed by atoms with E-state index in [1.54, 1.807) is 0 Å². The molecular weight excluding hydrogens is 232 g/mol. The van der Waals surface area contributed by atoms with Gasteiger partial charge in [-0.2, -0.15) is 4.57 Å². The molecule has 3 aromatic rings. The van der Waals surface area contributed by atoms with Crippen molar-refractivity contribution in [1.82, 2.24) is 4.57 Å². The summed E-state index contributed by atoms with van der Waals surface area (Å²) in [7, 11) is 2.07. The van der Waals surface area contributed by atoms with Crippen molar-refractivity contribution in [2.75, 3.05) is 0 Å². The van der Waals surface area contributed by atoms with Gasteiger partial charge in [0.2, 0.25) is 0 Å². The third-order valence-electron chi connectivity index (χ3n) is 3.52. The zero-order valence-corrected chi connectivity index (χ0v) is 11.3. The van der Waals surface area contributed by atoms with Crippen molar-refractivity contribution >= 4 is 17.1 Å². The van der Waals surface area contributed by atoms with Gasteiger partial charge in [0.25, 0.3) is 5.65 Å². The van der Waals surface area contributed by atoms with Gasteiger partial charge in [0.05, 0.1) is 18.6 Å². The van der Waals surface area contributed by atoms with Crippen LogP contribution < -0.4 is 4.57 Å². The van der Waals surface area contributed by atoms with Crippen molar-refractivity contribution in [3.63, 3.8) is 0 Å². The molecule has 0 N–H and O–H groups in total. The third kappa shape index (κ3) is 1.76. The number of aryl methyl sites for hydroxylation is 2. The first-order valence-corrected chi connectivity index (χ1v) is 6.41. The Balaban J connectivity index is 2.46. The summed E-state index contributed by atoms with van der Waals surface area (Å²) in [6.07, 6.45) is 3.98. The van der Waals surface area contributed by atoms with Gasteiger partial charge in [-0.1, -0.05) is 24.8 Å². The number of hydrogen-bond acceptors (Lipinski definition) is 0. The Kier molecular flexibility index (Phi) is 2.71. The van der Waals surface area contributed by atoms with Crippen LogP contribution in [0, 0.1) is 6.92 Å². The maximum absolute atomic E-state index is 3.94. The van der Waals surface area contributed by atoms with E-state index in [0.29, 0.717) is 0 Å². The summed E-state index contributed by atoms with van der Waals surface area (Å²) >= 11 is 0. The van der Waals surface area contributed by atoms with Crippen LogP contribution in [0.1, 0.15) is 11.3 Å². The lowest BCUT2D eigenvalue weighted by Gasteiger charge is -2.05. The van der Waals surface area contributed by atoms with Gasteiger partial charge in [0.15, 0.2) is 0 Å². The van der Waals surface area contributed by atoms with E-state index >= 15 is 0 Å². The minimum absolute atomic E-state index is 1.12. The lowest BCUT2D eigenvalue weighted by atomic mass is 10.2. The molecule has 94 valence electrons. The molecule has 0 spiro atoms. The molecule has 0 fully saturated rings. The number of aromatic nitrogens is 2. The van der Waals surface area contributed by atoms with Crippen LogP contribution in [0.2, 0.25) is 0 Å². The number of benzene rings is 1. The van der Waals surface area contributed by atoms with Crippen LogP contribution in [0.4, 0.5) is 0 Å². The summed E-state index contributed by atoms with van der Waals surface area (Å²) in [5, 5.41) is 1.23. The Morgan fingerprint density at radius 3 is 2.68 bits per heavy atom. The van der Waals surface area contributed by atoms with Crippen molar-refractivity contribution < 1.29 is 4.57 Å². The molecule has 19 heavy (non-hydrogen) atoms. The summed E-state index contributed by atoms with van der Waals surface area (Å²) < 4.78 is 4.41. The fourth-order valence-corrected chi connectivity index (χ4v) is 2.59. The largest absolute Gasteiger partial charge is 0.294 e. The molecule has 0 atom stereocenters. The molecule has 0 unspecified atom stereocenters. The molecule has 0 aliphatic rings. The molecule has 0 aliphatic heterocycles. The number of rotatable bonds is 2. The van der Waals surface area contributed by atoms with E-state index in [-0.39, 0.29) is 0 Å². The summed E-state index contributed by atoms with van der Waals surface area (Å²) in [6.45, 7) is 6.08. The van der Waals surface area contributed by atoms with Crippen LogP contribution in [0.5, 0.6) is 0 Å². The Morgan fingerprint density at radius 1 is 1.16 bits per heavy atom. The second-order valence-corrected chi connectivity index (χ2v) is 4.79. The van der Waals surface area contributed by atoms with E-state index in [0.717, 1.165) is 5.69 Å². The van der Waals surface area contributed by atoms with Crippen LogP contribution in [-0.2, 0) is 7.05 Å². The number of para-hydroxylation sites is 1. The third-order valence-corrected chi connectivity index (χ3v) is 3.52. The quantitative estimate of drug-likeness (QED) is 0.615. The molecule has 2 nitrogen and oxygen atoms in total. The first-order chi connectivity index (χ1) is 9.22. The predicted molar refractivity (Wildman–Crippen MR) is 79.3 cm³/mol. The van der Waals surface area contributed by atoms with E-state index in [9.17, 15) is 0 Å². The molecule has 0 saturated heterocycles. The highest BCUT2D eigenvalue weighted by Crippen LogP contribution is 2.24. The van der Waals surface area contributed by atoms with E-state index in [2.05, 4.69) is 78.3 Å². The maximum Gasteiger partial charge on any atom is 0.294 e. The molecule has 0 amide bonds. The van der Waals surface area contributed by atoms with Gasteiger partial charge >= 0.3 is 0 Å². The van der Waals surface area contributed by atoms with E-state index in [4.69, 9.17) is 0 Å². The van der Waals surface area contributed by atoms with E-state index in [1.807, 2.05) is 6.08 Å². The van der Waals surface area contributed by atoms with Gasteiger partial charge in [-0.15, -0.1) is 0 Å². The van der Waals surface area contributed by atoms with Crippen molar-refractivity contribution in [3.05, 3.63) is 66.5 Å². The van der Waals surface area contributed by atoms with Crippen LogP contribution in [0.3, 0.4) is 0 Å². The summed E-state index contributed by atoms with van der Waals surface area (Å²) in [6, 6.07) is 14.8. The highest BCUT2D eigenvalue weighted by molar-refractivity contribution is 5.80. The van der Waals surface area contributed by atoms with Crippen molar-refractivity contribution in [1.29, 1.82) is 0 Å². The first kappa shape index (κ1) is 11.7. The Bertz CT molecular complexity index is 766. The Hall–Kier alpha value is -2.35. The van der Waals surface area contributed by atoms with E-state index < -0.39 is 0 Å². The Labute approximate surface area is 113 Å². The minimum atomic E-state index is 1.12. The fourth-order valence-electron chi connectivity index (χ4n) is 2.59. The maximum atomic E-state index is 3.94. The highest BCUT2D eigenvalue weighted by atomic mass is 15.1. The van der Waals surface area contributed by atoms with Crippen molar-refractivity contribution in [3.8, 4) is 5.69 Å². The number of hydrogen-bond donors (Lipinski definition) is 0. The number of fused-ring (bicyclic) bond motifs is 1. The van der Waals surface area contributed by atoms with Crippen LogP contribution in [-0.4, -0.2) is 4.57 Å². The molecule has 0 saturated carbocycles. The topological polar surface area (TPSA) is 8.81 Å². The monoisotopic (exact) mass is 249 g/mol. The van der Waals surface area contributed by atoms with Crippen LogP contribution in [0.15, 0.2) is 55.2 Å². The van der Waals surface area contributed by atoms with Gasteiger partial charge in [-0.05, 0) is 36.8 Å². The zero-order valence-electron chi connectivity index (χ0n) is 11.3. The summed E-state index contributed by atoms with van der Waals surface area (Å²) in [5.74, 6) is 0. The first-order valence-electron chi connectivity index (χ1n) is 6.41. The van der Waals surface area contributed by atoms with Crippen molar-refractivity contribution in [2.24, 2.45) is 7.05 Å². The lowest BCUT2D eigenvalue weighted by Crippen LogP contribution is -2.30. The van der Waals surface area contributed by atoms with Gasteiger partial charge in [0.1, 0.15) is 11.4 Å².